The maximum absolute atomic E-state index is 11.9. The largest absolute Gasteiger partial charge is 0.375 e. The highest BCUT2D eigenvalue weighted by atomic mass is 35.5. The van der Waals surface area contributed by atoms with E-state index in [1.165, 1.54) is 5.56 Å². The Morgan fingerprint density at radius 1 is 1.20 bits per heavy atom. The molecule has 0 aliphatic heterocycles. The summed E-state index contributed by atoms with van der Waals surface area (Å²) >= 11 is 6.25. The molecule has 4 heteroatoms. The Labute approximate surface area is 125 Å². The summed E-state index contributed by atoms with van der Waals surface area (Å²) in [5.41, 5.74) is 2.44. The van der Waals surface area contributed by atoms with Gasteiger partial charge in [-0.15, -0.1) is 11.6 Å². The van der Waals surface area contributed by atoms with Crippen LogP contribution in [0.5, 0.6) is 0 Å². The molecule has 0 saturated heterocycles. The van der Waals surface area contributed by atoms with Crippen molar-refractivity contribution in [3.05, 3.63) is 35.4 Å². The first-order valence-electron chi connectivity index (χ1n) is 6.97. The zero-order valence-electron chi connectivity index (χ0n) is 12.3. The van der Waals surface area contributed by atoms with Crippen molar-refractivity contribution in [2.45, 2.75) is 50.8 Å². The molecule has 20 heavy (non-hydrogen) atoms. The molecule has 0 heterocycles. The molecule has 114 valence electrons. The third-order valence-corrected chi connectivity index (χ3v) is 4.17. The van der Waals surface area contributed by atoms with E-state index in [9.17, 15) is 8.78 Å². The van der Waals surface area contributed by atoms with Crippen molar-refractivity contribution in [3.8, 4) is 0 Å². The van der Waals surface area contributed by atoms with Crippen molar-refractivity contribution in [3.63, 3.8) is 0 Å². The van der Waals surface area contributed by atoms with Gasteiger partial charge in [-0.25, -0.2) is 8.78 Å². The molecular weight excluding hydrogens is 282 g/mol. The molecule has 0 fully saturated rings. The van der Waals surface area contributed by atoms with Crippen LogP contribution >= 0.6 is 11.6 Å². The van der Waals surface area contributed by atoms with Gasteiger partial charge in [-0.3, -0.25) is 0 Å². The monoisotopic (exact) mass is 304 g/mol. The summed E-state index contributed by atoms with van der Waals surface area (Å²) in [5.74, 6) is 0. The molecule has 1 rings (SSSR count). The fraction of sp³-hybridized carbons (Fsp3) is 0.625. The first-order chi connectivity index (χ1) is 9.36. The smallest absolute Gasteiger partial charge is 0.261 e. The lowest BCUT2D eigenvalue weighted by Crippen LogP contribution is -2.15. The van der Waals surface area contributed by atoms with Gasteiger partial charge in [-0.2, -0.15) is 0 Å². The van der Waals surface area contributed by atoms with Crippen LogP contribution in [0.1, 0.15) is 50.1 Å². The zero-order valence-corrected chi connectivity index (χ0v) is 13.1. The summed E-state index contributed by atoms with van der Waals surface area (Å²) in [5, 5.41) is -0.202. The minimum atomic E-state index is -2.42. The summed E-state index contributed by atoms with van der Waals surface area (Å²) in [4.78, 5) is 0. The highest BCUT2D eigenvalue weighted by Crippen LogP contribution is 2.30. The molecule has 0 bridgehead atoms. The Balaban J connectivity index is 2.51. The van der Waals surface area contributed by atoms with E-state index in [2.05, 4.69) is 32.9 Å². The molecule has 0 N–H and O–H groups in total. The van der Waals surface area contributed by atoms with E-state index in [4.69, 9.17) is 16.3 Å². The Morgan fingerprint density at radius 3 is 2.30 bits per heavy atom. The fourth-order valence-corrected chi connectivity index (χ4v) is 2.11. The van der Waals surface area contributed by atoms with Gasteiger partial charge in [0.15, 0.2) is 0 Å². The maximum Gasteiger partial charge on any atom is 0.261 e. The first kappa shape index (κ1) is 17.4. The van der Waals surface area contributed by atoms with E-state index in [1.54, 1.807) is 0 Å². The number of hydrogen-bond acceptors (Lipinski definition) is 1. The first-order valence-corrected chi connectivity index (χ1v) is 7.41. The Kier molecular flexibility index (Phi) is 6.90. The van der Waals surface area contributed by atoms with E-state index in [1.807, 2.05) is 12.1 Å². The van der Waals surface area contributed by atoms with Crippen molar-refractivity contribution in [2.24, 2.45) is 0 Å². The molecule has 0 aromatic heterocycles. The van der Waals surface area contributed by atoms with Crippen molar-refractivity contribution in [1.82, 2.24) is 0 Å². The van der Waals surface area contributed by atoms with Crippen LogP contribution in [0.2, 0.25) is 0 Å². The predicted octanol–water partition coefficient (Wildman–Crippen LogP) is 5.33. The van der Waals surface area contributed by atoms with Gasteiger partial charge in [0.05, 0.1) is 5.38 Å². The highest BCUT2D eigenvalue weighted by molar-refractivity contribution is 6.20. The third-order valence-electron chi connectivity index (χ3n) is 3.70. The third kappa shape index (κ3) is 5.37. The average Bonchev–Trinajstić information content (AvgIpc) is 2.43. The molecule has 0 amide bonds. The summed E-state index contributed by atoms with van der Waals surface area (Å²) < 4.78 is 28.7. The van der Waals surface area contributed by atoms with Crippen LogP contribution < -0.4 is 0 Å². The van der Waals surface area contributed by atoms with Crippen LogP contribution in [0.25, 0.3) is 0 Å². The Hall–Kier alpha value is -0.670. The average molecular weight is 305 g/mol. The molecule has 1 aromatic carbocycles. The number of benzene rings is 1. The molecule has 1 atom stereocenters. The standard InChI is InChI=1S/C16H23ClF2O/c1-4-16(2,3)13-7-5-12(6-8-13)14(17)9-10-20-11-15(18)19/h5-8,14-15H,4,9-11H2,1-3H3. The van der Waals surface area contributed by atoms with Gasteiger partial charge in [0.1, 0.15) is 6.61 Å². The molecular formula is C16H23ClF2O. The molecule has 1 aromatic rings. The number of rotatable bonds is 8. The Morgan fingerprint density at radius 2 is 1.80 bits per heavy atom. The summed E-state index contributed by atoms with van der Waals surface area (Å²) in [6.45, 7) is 6.31. The van der Waals surface area contributed by atoms with Gasteiger partial charge in [0.2, 0.25) is 0 Å². The van der Waals surface area contributed by atoms with E-state index >= 15 is 0 Å². The maximum atomic E-state index is 11.9. The highest BCUT2D eigenvalue weighted by Gasteiger charge is 2.18. The van der Waals surface area contributed by atoms with Gasteiger partial charge in [-0.1, -0.05) is 45.0 Å². The van der Waals surface area contributed by atoms with Gasteiger partial charge in [0.25, 0.3) is 6.43 Å². The van der Waals surface area contributed by atoms with E-state index < -0.39 is 13.0 Å². The minimum Gasteiger partial charge on any atom is -0.375 e. The second-order valence-corrected chi connectivity index (χ2v) is 6.11. The van der Waals surface area contributed by atoms with E-state index in [-0.39, 0.29) is 17.4 Å². The van der Waals surface area contributed by atoms with E-state index in [0.717, 1.165) is 12.0 Å². The molecule has 1 unspecified atom stereocenters. The molecule has 0 aliphatic carbocycles. The number of hydrogen-bond donors (Lipinski definition) is 0. The number of ether oxygens (including phenoxy) is 1. The Bertz CT molecular complexity index is 390. The summed E-state index contributed by atoms with van der Waals surface area (Å²) in [7, 11) is 0. The SMILES string of the molecule is CCC(C)(C)c1ccc(C(Cl)CCOCC(F)F)cc1. The van der Waals surface area contributed by atoms with Crippen LogP contribution in [0.3, 0.4) is 0 Å². The van der Waals surface area contributed by atoms with Gasteiger partial charge < -0.3 is 4.74 Å². The number of alkyl halides is 3. The van der Waals surface area contributed by atoms with Gasteiger partial charge in [-0.05, 0) is 29.4 Å². The zero-order chi connectivity index (χ0) is 15.2. The minimum absolute atomic E-state index is 0.153. The normalized spacial score (nSPS) is 13.8. The molecule has 0 spiro atoms. The van der Waals surface area contributed by atoms with Gasteiger partial charge >= 0.3 is 0 Å². The van der Waals surface area contributed by atoms with Gasteiger partial charge in [0, 0.05) is 6.61 Å². The van der Waals surface area contributed by atoms with Crippen LogP contribution in [0.15, 0.2) is 24.3 Å². The molecule has 0 aliphatic rings. The molecule has 1 nitrogen and oxygen atoms in total. The van der Waals surface area contributed by atoms with Crippen molar-refractivity contribution < 1.29 is 13.5 Å². The molecule has 0 radical (unpaired) electrons. The van der Waals surface area contributed by atoms with E-state index in [0.29, 0.717) is 6.42 Å². The number of halogens is 3. The van der Waals surface area contributed by atoms with Crippen molar-refractivity contribution in [2.75, 3.05) is 13.2 Å². The topological polar surface area (TPSA) is 9.23 Å². The quantitative estimate of drug-likeness (QED) is 0.466. The van der Waals surface area contributed by atoms with Crippen LogP contribution in [-0.4, -0.2) is 19.6 Å². The second-order valence-electron chi connectivity index (χ2n) is 5.58. The predicted molar refractivity (Wildman–Crippen MR) is 79.8 cm³/mol. The summed E-state index contributed by atoms with van der Waals surface area (Å²) in [6.07, 6.45) is -0.817. The summed E-state index contributed by atoms with van der Waals surface area (Å²) in [6, 6.07) is 8.21. The van der Waals surface area contributed by atoms with Crippen LogP contribution in [0, 0.1) is 0 Å². The van der Waals surface area contributed by atoms with Crippen LogP contribution in [-0.2, 0) is 10.2 Å². The lowest BCUT2D eigenvalue weighted by atomic mass is 9.82. The fourth-order valence-electron chi connectivity index (χ4n) is 1.87. The van der Waals surface area contributed by atoms with Crippen molar-refractivity contribution in [1.29, 1.82) is 0 Å². The lowest BCUT2D eigenvalue weighted by Gasteiger charge is -2.23. The second kappa shape index (κ2) is 7.94. The lowest BCUT2D eigenvalue weighted by molar-refractivity contribution is 0.0165. The van der Waals surface area contributed by atoms with Crippen LogP contribution in [0.4, 0.5) is 8.78 Å². The van der Waals surface area contributed by atoms with Crippen molar-refractivity contribution >= 4 is 11.6 Å². The molecule has 0 saturated carbocycles.